The van der Waals surface area contributed by atoms with Crippen LogP contribution in [0.4, 0.5) is 0 Å². The number of carboxylic acids is 1. The van der Waals surface area contributed by atoms with E-state index in [4.69, 9.17) is 19.3 Å². The number of benzene rings is 3. The predicted molar refractivity (Wildman–Crippen MR) is 135 cm³/mol. The maximum absolute atomic E-state index is 11.1. The molecule has 0 bridgehead atoms. The van der Waals surface area contributed by atoms with E-state index in [0.717, 1.165) is 33.7 Å². The van der Waals surface area contributed by atoms with Gasteiger partial charge >= 0.3 is 5.97 Å². The van der Waals surface area contributed by atoms with Crippen LogP contribution in [-0.2, 0) is 24.9 Å². The Labute approximate surface area is 204 Å². The second-order valence-electron chi connectivity index (χ2n) is 8.02. The van der Waals surface area contributed by atoms with Gasteiger partial charge in [0.2, 0.25) is 0 Å². The van der Waals surface area contributed by atoms with Gasteiger partial charge in [-0.25, -0.2) is 4.98 Å². The number of aromatic nitrogens is 2. The van der Waals surface area contributed by atoms with Crippen LogP contribution in [0.3, 0.4) is 0 Å². The molecule has 0 unspecified atom stereocenters. The van der Waals surface area contributed by atoms with Gasteiger partial charge in [-0.1, -0.05) is 42.5 Å². The highest BCUT2D eigenvalue weighted by Crippen LogP contribution is 2.28. The third kappa shape index (κ3) is 6.20. The van der Waals surface area contributed by atoms with E-state index in [-0.39, 0.29) is 13.0 Å². The molecule has 7 nitrogen and oxygen atoms in total. The van der Waals surface area contributed by atoms with Gasteiger partial charge in [0.25, 0.3) is 0 Å². The molecule has 180 valence electrons. The van der Waals surface area contributed by atoms with Crippen LogP contribution in [0, 0.1) is 0 Å². The number of aryl methyl sites for hydroxylation is 2. The van der Waals surface area contributed by atoms with E-state index >= 15 is 0 Å². The second-order valence-corrected chi connectivity index (χ2v) is 8.02. The Hall–Kier alpha value is -4.26. The number of carboxylic acid groups (broad SMARTS) is 1. The Morgan fingerprint density at radius 2 is 1.83 bits per heavy atom. The summed E-state index contributed by atoms with van der Waals surface area (Å²) in [4.78, 5) is 15.7. The summed E-state index contributed by atoms with van der Waals surface area (Å²) in [6.07, 6.45) is 4.31. The van der Waals surface area contributed by atoms with Crippen molar-refractivity contribution in [1.82, 2.24) is 9.55 Å². The molecule has 1 N–H and O–H groups in total. The topological polar surface area (TPSA) is 82.8 Å². The number of hydrogen-bond donors (Lipinski definition) is 1. The summed E-state index contributed by atoms with van der Waals surface area (Å²) in [5.74, 6) is 1.93. The molecule has 0 aliphatic rings. The monoisotopic (exact) mass is 472 g/mol. The highest BCUT2D eigenvalue weighted by Gasteiger charge is 2.12. The van der Waals surface area contributed by atoms with Gasteiger partial charge < -0.3 is 23.9 Å². The Bertz CT molecular complexity index is 1330. The first-order valence-corrected chi connectivity index (χ1v) is 11.3. The minimum absolute atomic E-state index is 0.0275. The van der Waals surface area contributed by atoms with E-state index in [1.54, 1.807) is 13.2 Å². The van der Waals surface area contributed by atoms with Crippen molar-refractivity contribution < 1.29 is 24.1 Å². The van der Waals surface area contributed by atoms with E-state index in [2.05, 4.69) is 4.98 Å². The van der Waals surface area contributed by atoms with Crippen LogP contribution in [0.15, 0.2) is 72.8 Å². The number of methoxy groups -OCH3 is 1. The average molecular weight is 473 g/mol. The Kier molecular flexibility index (Phi) is 7.67. The lowest BCUT2D eigenvalue weighted by Gasteiger charge is -2.13. The number of aliphatic carboxylic acids is 1. The molecule has 0 aliphatic heterocycles. The zero-order chi connectivity index (χ0) is 24.6. The van der Waals surface area contributed by atoms with Gasteiger partial charge in [0, 0.05) is 25.6 Å². The largest absolute Gasteiger partial charge is 0.497 e. The second kappa shape index (κ2) is 11.2. The van der Waals surface area contributed by atoms with Gasteiger partial charge in [-0.05, 0) is 41.8 Å². The summed E-state index contributed by atoms with van der Waals surface area (Å²) >= 11 is 0. The fourth-order valence-corrected chi connectivity index (χ4v) is 3.72. The van der Waals surface area contributed by atoms with Gasteiger partial charge in [-0.2, -0.15) is 0 Å². The number of rotatable bonds is 11. The highest BCUT2D eigenvalue weighted by atomic mass is 16.5. The first-order valence-electron chi connectivity index (χ1n) is 11.3. The molecule has 4 rings (SSSR count). The van der Waals surface area contributed by atoms with Crippen molar-refractivity contribution >= 4 is 23.1 Å². The first-order chi connectivity index (χ1) is 17.0. The van der Waals surface area contributed by atoms with Crippen LogP contribution >= 0.6 is 0 Å². The fraction of sp³-hybridized carbons (Fsp3) is 0.214. The van der Waals surface area contributed by atoms with Gasteiger partial charge in [0.05, 0.1) is 18.1 Å². The Balaban J connectivity index is 1.47. The standard InChI is InChI=1S/C28H28N2O5/c1-30-25-17-22(33-2)13-14-24(25)29-27(30)19-35-23-12-10-21(11-15-28(31)32)26(18-23)34-16-6-9-20-7-4-3-5-8-20/h3-10,12-14,17-18H,11,15-16,19H2,1-2H3,(H,31,32). The summed E-state index contributed by atoms with van der Waals surface area (Å²) in [7, 11) is 3.58. The zero-order valence-electron chi connectivity index (χ0n) is 19.8. The molecule has 0 spiro atoms. The Morgan fingerprint density at radius 1 is 1.03 bits per heavy atom. The summed E-state index contributed by atoms with van der Waals surface area (Å²) < 4.78 is 19.3. The molecule has 0 saturated carbocycles. The molecule has 7 heteroatoms. The quantitative estimate of drug-likeness (QED) is 0.320. The fourth-order valence-electron chi connectivity index (χ4n) is 3.72. The maximum Gasteiger partial charge on any atom is 0.303 e. The van der Waals surface area contributed by atoms with E-state index in [1.807, 2.05) is 84.4 Å². The lowest BCUT2D eigenvalue weighted by molar-refractivity contribution is -0.136. The molecule has 0 atom stereocenters. The molecule has 0 radical (unpaired) electrons. The van der Waals surface area contributed by atoms with Gasteiger partial charge in [-0.3, -0.25) is 4.79 Å². The van der Waals surface area contributed by atoms with Crippen LogP contribution in [0.25, 0.3) is 17.1 Å². The summed E-state index contributed by atoms with van der Waals surface area (Å²) in [6, 6.07) is 21.2. The lowest BCUT2D eigenvalue weighted by atomic mass is 10.1. The smallest absolute Gasteiger partial charge is 0.303 e. The lowest BCUT2D eigenvalue weighted by Crippen LogP contribution is -2.05. The van der Waals surface area contributed by atoms with Crippen molar-refractivity contribution in [3.63, 3.8) is 0 Å². The summed E-state index contributed by atoms with van der Waals surface area (Å²) in [6.45, 7) is 0.625. The summed E-state index contributed by atoms with van der Waals surface area (Å²) in [5, 5.41) is 9.10. The molecular formula is C28H28N2O5. The minimum atomic E-state index is -0.848. The number of nitrogens with zero attached hydrogens (tertiary/aromatic N) is 2. The molecule has 1 aromatic heterocycles. The third-order valence-corrected chi connectivity index (χ3v) is 5.64. The molecule has 0 aliphatic carbocycles. The minimum Gasteiger partial charge on any atom is -0.497 e. The molecule has 0 fully saturated rings. The van der Waals surface area contributed by atoms with Crippen molar-refractivity contribution in [2.24, 2.45) is 7.05 Å². The van der Waals surface area contributed by atoms with Crippen LogP contribution in [-0.4, -0.2) is 34.3 Å². The van der Waals surface area contributed by atoms with Crippen LogP contribution < -0.4 is 14.2 Å². The van der Waals surface area contributed by atoms with Crippen molar-refractivity contribution in [3.8, 4) is 17.2 Å². The maximum atomic E-state index is 11.1. The van der Waals surface area contributed by atoms with Crippen molar-refractivity contribution in [2.45, 2.75) is 19.4 Å². The van der Waals surface area contributed by atoms with Crippen LogP contribution in [0.1, 0.15) is 23.4 Å². The normalized spacial score (nSPS) is 11.1. The molecule has 0 saturated heterocycles. The molecule has 3 aromatic carbocycles. The van der Waals surface area contributed by atoms with Crippen LogP contribution in [0.5, 0.6) is 17.2 Å². The van der Waals surface area contributed by atoms with E-state index in [9.17, 15) is 4.79 Å². The van der Waals surface area contributed by atoms with E-state index < -0.39 is 5.97 Å². The number of hydrogen-bond acceptors (Lipinski definition) is 5. The van der Waals surface area contributed by atoms with Crippen molar-refractivity contribution in [1.29, 1.82) is 0 Å². The molecule has 0 amide bonds. The summed E-state index contributed by atoms with van der Waals surface area (Å²) in [5.41, 5.74) is 3.73. The van der Waals surface area contributed by atoms with Crippen LogP contribution in [0.2, 0.25) is 0 Å². The number of ether oxygens (including phenoxy) is 3. The predicted octanol–water partition coefficient (Wildman–Crippen LogP) is 5.27. The Morgan fingerprint density at radius 3 is 2.60 bits per heavy atom. The number of fused-ring (bicyclic) bond motifs is 1. The average Bonchev–Trinajstić information content (AvgIpc) is 3.19. The highest BCUT2D eigenvalue weighted by molar-refractivity contribution is 5.77. The molecule has 1 heterocycles. The van der Waals surface area contributed by atoms with E-state index in [0.29, 0.717) is 24.5 Å². The number of carbonyl (C=O) groups is 1. The number of imidazole rings is 1. The van der Waals surface area contributed by atoms with Crippen molar-refractivity contribution in [2.75, 3.05) is 13.7 Å². The molecule has 35 heavy (non-hydrogen) atoms. The van der Waals surface area contributed by atoms with Gasteiger partial charge in [0.1, 0.15) is 36.3 Å². The third-order valence-electron chi connectivity index (χ3n) is 5.64. The van der Waals surface area contributed by atoms with Gasteiger partial charge in [-0.15, -0.1) is 0 Å². The molecular weight excluding hydrogens is 444 g/mol. The first kappa shape index (κ1) is 23.9. The van der Waals surface area contributed by atoms with Gasteiger partial charge in [0.15, 0.2) is 0 Å². The molecule has 4 aromatic rings. The van der Waals surface area contributed by atoms with Crippen molar-refractivity contribution in [3.05, 3.63) is 89.8 Å². The van der Waals surface area contributed by atoms with E-state index in [1.165, 1.54) is 0 Å². The SMILES string of the molecule is COc1ccc2nc(COc3ccc(CCC(=O)O)c(OCC=Cc4ccccc4)c3)n(C)c2c1. The zero-order valence-corrected chi connectivity index (χ0v) is 19.8.